The van der Waals surface area contributed by atoms with Crippen molar-refractivity contribution in [3.8, 4) is 0 Å². The summed E-state index contributed by atoms with van der Waals surface area (Å²) in [5.74, 6) is 1.06. The minimum absolute atomic E-state index is 0.0271. The summed E-state index contributed by atoms with van der Waals surface area (Å²) in [6.07, 6.45) is 4.97. The minimum Gasteiger partial charge on any atom is -0.393 e. The van der Waals surface area contributed by atoms with Crippen LogP contribution >= 0.6 is 0 Å². The van der Waals surface area contributed by atoms with Crippen molar-refractivity contribution in [3.63, 3.8) is 0 Å². The van der Waals surface area contributed by atoms with Gasteiger partial charge in [0.25, 0.3) is 0 Å². The molecule has 5 fully saturated rings. The van der Waals surface area contributed by atoms with Crippen molar-refractivity contribution in [1.82, 2.24) is 0 Å². The number of hydrogen-bond acceptors (Lipinski definition) is 4. The predicted octanol–water partition coefficient (Wildman–Crippen LogP) is 2.29. The van der Waals surface area contributed by atoms with E-state index in [0.29, 0.717) is 36.9 Å². The van der Waals surface area contributed by atoms with Crippen molar-refractivity contribution in [1.29, 1.82) is 0 Å². The summed E-state index contributed by atoms with van der Waals surface area (Å²) in [5, 5.41) is 31.7. The number of aliphatic hydroxyl groups excluding tert-OH is 2. The van der Waals surface area contributed by atoms with E-state index in [1.54, 1.807) is 0 Å². The molecule has 0 aliphatic heterocycles. The zero-order chi connectivity index (χ0) is 17.5. The molecule has 0 radical (unpaired) electrons. The van der Waals surface area contributed by atoms with Crippen molar-refractivity contribution in [2.75, 3.05) is 6.61 Å². The largest absolute Gasteiger partial charge is 0.393 e. The van der Waals surface area contributed by atoms with E-state index in [0.717, 1.165) is 25.7 Å². The van der Waals surface area contributed by atoms with E-state index in [4.69, 9.17) is 0 Å². The Bertz CT molecular complexity index is 572. The molecule has 24 heavy (non-hydrogen) atoms. The molecule has 5 rings (SSSR count). The molecule has 0 aromatic rings. The van der Waals surface area contributed by atoms with E-state index >= 15 is 0 Å². The van der Waals surface area contributed by atoms with Gasteiger partial charge in [0.05, 0.1) is 18.3 Å². The van der Waals surface area contributed by atoms with Crippen LogP contribution in [0.4, 0.5) is 0 Å². The molecule has 5 saturated carbocycles. The Morgan fingerprint density at radius 1 is 1.12 bits per heavy atom. The zero-order valence-electron chi connectivity index (χ0n) is 15.2. The topological polar surface area (TPSA) is 77.8 Å². The van der Waals surface area contributed by atoms with Crippen LogP contribution in [0.25, 0.3) is 0 Å². The van der Waals surface area contributed by atoms with E-state index in [1.807, 2.05) is 0 Å². The number of hydrogen-bond donors (Lipinski definition) is 3. The SMILES string of the molecule is CC1(C)C(=O)CC[C@]2(C)[C@@H]1CC[C@@]13C[C@](O)(CO)[C@@H](C[C@@H]1O)C[C@@H]23. The summed E-state index contributed by atoms with van der Waals surface area (Å²) in [6.45, 7) is 6.35. The highest BCUT2D eigenvalue weighted by Crippen LogP contribution is 2.72. The summed E-state index contributed by atoms with van der Waals surface area (Å²) in [5.41, 5.74) is -1.55. The van der Waals surface area contributed by atoms with E-state index in [1.165, 1.54) is 0 Å². The maximum atomic E-state index is 12.5. The van der Waals surface area contributed by atoms with Gasteiger partial charge in [0.2, 0.25) is 0 Å². The quantitative estimate of drug-likeness (QED) is 0.686. The van der Waals surface area contributed by atoms with Gasteiger partial charge in [0.15, 0.2) is 0 Å². The second-order valence-corrected chi connectivity index (χ2v) is 10.2. The molecule has 3 N–H and O–H groups in total. The van der Waals surface area contributed by atoms with Gasteiger partial charge in [0.1, 0.15) is 5.78 Å². The third-order valence-electron chi connectivity index (χ3n) is 9.03. The lowest BCUT2D eigenvalue weighted by Crippen LogP contribution is -2.70. The van der Waals surface area contributed by atoms with E-state index in [9.17, 15) is 20.1 Å². The van der Waals surface area contributed by atoms with Crippen molar-refractivity contribution in [2.24, 2.45) is 34.0 Å². The molecule has 5 aliphatic carbocycles. The fourth-order valence-corrected chi connectivity index (χ4v) is 7.70. The average Bonchev–Trinajstić information content (AvgIpc) is 2.52. The number of carbonyl (C=O) groups excluding carboxylic acids is 1. The number of Topliss-reactive ketones (excluding diaryl/α,β-unsaturated/α-hetero) is 1. The molecule has 0 aromatic carbocycles. The fraction of sp³-hybridized carbons (Fsp3) is 0.950. The molecule has 0 amide bonds. The normalized spacial score (nSPS) is 55.8. The highest BCUT2D eigenvalue weighted by Gasteiger charge is 2.70. The Morgan fingerprint density at radius 3 is 2.50 bits per heavy atom. The number of ketones is 1. The first-order valence-electron chi connectivity index (χ1n) is 9.65. The average molecular weight is 336 g/mol. The lowest BCUT2D eigenvalue weighted by atomic mass is 9.35. The Labute approximate surface area is 144 Å². The second kappa shape index (κ2) is 4.83. The van der Waals surface area contributed by atoms with Gasteiger partial charge in [-0.05, 0) is 61.7 Å². The number of aliphatic hydroxyl groups is 3. The van der Waals surface area contributed by atoms with Gasteiger partial charge in [-0.15, -0.1) is 0 Å². The third kappa shape index (κ3) is 1.83. The van der Waals surface area contributed by atoms with Crippen LogP contribution in [0.15, 0.2) is 0 Å². The molecular weight excluding hydrogens is 304 g/mol. The van der Waals surface area contributed by atoms with Crippen LogP contribution < -0.4 is 0 Å². The maximum Gasteiger partial charge on any atom is 0.138 e. The molecule has 5 aliphatic rings. The third-order valence-corrected chi connectivity index (χ3v) is 9.03. The smallest absolute Gasteiger partial charge is 0.138 e. The van der Waals surface area contributed by atoms with Crippen molar-refractivity contribution >= 4 is 5.78 Å². The zero-order valence-corrected chi connectivity index (χ0v) is 15.2. The van der Waals surface area contributed by atoms with Crippen molar-refractivity contribution < 1.29 is 20.1 Å². The van der Waals surface area contributed by atoms with Crippen molar-refractivity contribution in [2.45, 2.75) is 77.4 Å². The van der Waals surface area contributed by atoms with Gasteiger partial charge in [0, 0.05) is 17.3 Å². The summed E-state index contributed by atoms with van der Waals surface area (Å²) in [6, 6.07) is 0. The van der Waals surface area contributed by atoms with Gasteiger partial charge < -0.3 is 15.3 Å². The highest BCUT2D eigenvalue weighted by molar-refractivity contribution is 5.85. The maximum absolute atomic E-state index is 12.5. The van der Waals surface area contributed by atoms with Crippen LogP contribution in [0.2, 0.25) is 0 Å². The highest BCUT2D eigenvalue weighted by atomic mass is 16.3. The molecule has 2 bridgehead atoms. The van der Waals surface area contributed by atoms with Crippen LogP contribution in [-0.4, -0.2) is 39.4 Å². The summed E-state index contributed by atoms with van der Waals surface area (Å²) in [7, 11) is 0. The van der Waals surface area contributed by atoms with Gasteiger partial charge >= 0.3 is 0 Å². The lowest BCUT2D eigenvalue weighted by molar-refractivity contribution is -0.275. The van der Waals surface area contributed by atoms with E-state index in [-0.39, 0.29) is 34.9 Å². The molecule has 0 aromatic heterocycles. The summed E-state index contributed by atoms with van der Waals surface area (Å²) < 4.78 is 0. The van der Waals surface area contributed by atoms with E-state index < -0.39 is 5.60 Å². The molecule has 0 saturated heterocycles. The fourth-order valence-electron chi connectivity index (χ4n) is 7.70. The first kappa shape index (κ1) is 17.0. The predicted molar refractivity (Wildman–Crippen MR) is 90.2 cm³/mol. The Hall–Kier alpha value is -0.450. The molecule has 4 heteroatoms. The Kier molecular flexibility index (Phi) is 3.42. The minimum atomic E-state index is -1.03. The van der Waals surface area contributed by atoms with Crippen LogP contribution in [0.5, 0.6) is 0 Å². The second-order valence-electron chi connectivity index (χ2n) is 10.2. The lowest BCUT2D eigenvalue weighted by Gasteiger charge is -2.70. The van der Waals surface area contributed by atoms with Crippen LogP contribution in [-0.2, 0) is 4.79 Å². The van der Waals surface area contributed by atoms with E-state index in [2.05, 4.69) is 20.8 Å². The molecule has 7 atom stereocenters. The number of rotatable bonds is 1. The summed E-state index contributed by atoms with van der Waals surface area (Å²) >= 11 is 0. The number of carbonyl (C=O) groups is 1. The monoisotopic (exact) mass is 336 g/mol. The van der Waals surface area contributed by atoms with Crippen LogP contribution in [0, 0.1) is 34.0 Å². The van der Waals surface area contributed by atoms with Crippen LogP contribution in [0.3, 0.4) is 0 Å². The van der Waals surface area contributed by atoms with Gasteiger partial charge in [-0.1, -0.05) is 20.8 Å². The Morgan fingerprint density at radius 2 is 1.83 bits per heavy atom. The van der Waals surface area contributed by atoms with Gasteiger partial charge in [-0.2, -0.15) is 0 Å². The standard InChI is InChI=1S/C20H32O4/c1-17(2)13-4-7-19-10-20(24,11-21)12(9-16(19)23)8-14(19)18(13,3)6-5-15(17)22/h12-14,16,21,23-24H,4-11H2,1-3H3/t12-,13-,14+,16+,18-,19+,20+/m1/s1. The molecule has 0 heterocycles. The number of fused-ring (bicyclic) bond motifs is 3. The first-order valence-corrected chi connectivity index (χ1v) is 9.65. The molecular formula is C20H32O4. The Balaban J connectivity index is 1.77. The molecule has 136 valence electrons. The van der Waals surface area contributed by atoms with Gasteiger partial charge in [-0.25, -0.2) is 0 Å². The van der Waals surface area contributed by atoms with Gasteiger partial charge in [-0.3, -0.25) is 4.79 Å². The van der Waals surface area contributed by atoms with Crippen LogP contribution in [0.1, 0.15) is 65.7 Å². The first-order chi connectivity index (χ1) is 11.1. The molecule has 4 nitrogen and oxygen atoms in total. The summed E-state index contributed by atoms with van der Waals surface area (Å²) in [4.78, 5) is 12.5. The van der Waals surface area contributed by atoms with Crippen molar-refractivity contribution in [3.05, 3.63) is 0 Å². The molecule has 0 unspecified atom stereocenters. The molecule has 1 spiro atoms.